The van der Waals surface area contributed by atoms with Crippen LogP contribution in [0.3, 0.4) is 0 Å². The number of nitrogens with one attached hydrogen (secondary N) is 1. The lowest BCUT2D eigenvalue weighted by Gasteiger charge is -2.29. The molecule has 0 amide bonds. The summed E-state index contributed by atoms with van der Waals surface area (Å²) in [4.78, 5) is 11.0. The Morgan fingerprint density at radius 1 is 1.22 bits per heavy atom. The number of carboxylic acids is 1. The molecule has 0 atom stereocenters. The van der Waals surface area contributed by atoms with Gasteiger partial charge >= 0.3 is 5.97 Å². The third-order valence-electron chi connectivity index (χ3n) is 4.29. The molecule has 0 radical (unpaired) electrons. The van der Waals surface area contributed by atoms with Crippen LogP contribution in [0.15, 0.2) is 30.3 Å². The van der Waals surface area contributed by atoms with Crippen LogP contribution >= 0.6 is 0 Å². The summed E-state index contributed by atoms with van der Waals surface area (Å²) in [6.45, 7) is 2.52. The lowest BCUT2D eigenvalue weighted by molar-refractivity contribution is -0.142. The van der Waals surface area contributed by atoms with Gasteiger partial charge in [0, 0.05) is 19.1 Å². The predicted molar refractivity (Wildman–Crippen MR) is 88.0 cm³/mol. The third kappa shape index (κ3) is 5.02. The lowest BCUT2D eigenvalue weighted by atomic mass is 9.87. The molecule has 0 bridgehead atoms. The molecule has 2 N–H and O–H groups in total. The molecule has 0 heterocycles. The molecular weight excluding hydrogens is 316 g/mol. The van der Waals surface area contributed by atoms with Gasteiger partial charge in [-0.2, -0.15) is 17.4 Å². The standard InChI is InChI=1S/C16H24N2O4S/c1-2-18(12-13-6-4-3-5-7-13)23(21,22)17-15-10-8-14(9-11-15)16(19)20/h3-7,14-15,17H,2,8-12H2,1H3,(H,19,20). The second-order valence-electron chi connectivity index (χ2n) is 5.92. The average Bonchev–Trinajstić information content (AvgIpc) is 2.53. The zero-order chi connectivity index (χ0) is 16.9. The molecule has 1 aliphatic rings. The number of hydrogen-bond donors (Lipinski definition) is 2. The van der Waals surface area contributed by atoms with Crippen molar-refractivity contribution in [1.82, 2.24) is 9.03 Å². The van der Waals surface area contributed by atoms with E-state index >= 15 is 0 Å². The fourth-order valence-corrected chi connectivity index (χ4v) is 4.36. The molecule has 0 unspecified atom stereocenters. The predicted octanol–water partition coefficient (Wildman–Crippen LogP) is 1.99. The van der Waals surface area contributed by atoms with E-state index in [1.54, 1.807) is 0 Å². The van der Waals surface area contributed by atoms with Gasteiger partial charge in [0.25, 0.3) is 10.2 Å². The van der Waals surface area contributed by atoms with Crippen molar-refractivity contribution < 1.29 is 18.3 Å². The van der Waals surface area contributed by atoms with Crippen molar-refractivity contribution in [1.29, 1.82) is 0 Å². The number of rotatable bonds is 7. The minimum atomic E-state index is -3.57. The minimum Gasteiger partial charge on any atom is -0.481 e. The fraction of sp³-hybridized carbons (Fsp3) is 0.562. The van der Waals surface area contributed by atoms with Crippen LogP contribution in [0.4, 0.5) is 0 Å². The van der Waals surface area contributed by atoms with E-state index < -0.39 is 16.2 Å². The van der Waals surface area contributed by atoms with Crippen LogP contribution in [0.1, 0.15) is 38.2 Å². The molecule has 2 rings (SSSR count). The smallest absolute Gasteiger partial charge is 0.306 e. The second kappa shape index (κ2) is 7.90. The highest BCUT2D eigenvalue weighted by atomic mass is 32.2. The summed E-state index contributed by atoms with van der Waals surface area (Å²) in [5.74, 6) is -1.13. The van der Waals surface area contributed by atoms with E-state index in [4.69, 9.17) is 5.11 Å². The number of hydrogen-bond acceptors (Lipinski definition) is 3. The third-order valence-corrected chi connectivity index (χ3v) is 5.98. The van der Waals surface area contributed by atoms with Crippen LogP contribution in [-0.2, 0) is 21.5 Å². The fourth-order valence-electron chi connectivity index (χ4n) is 2.90. The topological polar surface area (TPSA) is 86.7 Å². The molecule has 23 heavy (non-hydrogen) atoms. The molecule has 0 aliphatic heterocycles. The number of carbonyl (C=O) groups is 1. The summed E-state index contributed by atoms with van der Waals surface area (Å²) in [6, 6.07) is 9.28. The van der Waals surface area contributed by atoms with Gasteiger partial charge in [-0.3, -0.25) is 4.79 Å². The van der Waals surface area contributed by atoms with Gasteiger partial charge in [0.2, 0.25) is 0 Å². The maximum absolute atomic E-state index is 12.5. The quantitative estimate of drug-likeness (QED) is 0.795. The van der Waals surface area contributed by atoms with Crippen LogP contribution in [0.2, 0.25) is 0 Å². The largest absolute Gasteiger partial charge is 0.481 e. The monoisotopic (exact) mass is 340 g/mol. The first kappa shape index (κ1) is 17.9. The summed E-state index contributed by atoms with van der Waals surface area (Å²) in [5.41, 5.74) is 0.939. The van der Waals surface area contributed by atoms with Gasteiger partial charge in [-0.25, -0.2) is 0 Å². The first-order valence-electron chi connectivity index (χ1n) is 7.96. The van der Waals surface area contributed by atoms with E-state index in [0.717, 1.165) is 5.56 Å². The zero-order valence-corrected chi connectivity index (χ0v) is 14.1. The molecule has 0 aromatic heterocycles. The summed E-state index contributed by atoms with van der Waals surface area (Å²) in [5, 5.41) is 9.00. The van der Waals surface area contributed by atoms with Gasteiger partial charge in [-0.05, 0) is 31.2 Å². The van der Waals surface area contributed by atoms with Crippen molar-refractivity contribution in [2.75, 3.05) is 6.54 Å². The van der Waals surface area contributed by atoms with E-state index in [0.29, 0.717) is 38.8 Å². The van der Waals surface area contributed by atoms with Crippen molar-refractivity contribution in [2.45, 2.75) is 45.2 Å². The van der Waals surface area contributed by atoms with Crippen molar-refractivity contribution in [2.24, 2.45) is 5.92 Å². The Bertz CT molecular complexity index is 610. The first-order chi connectivity index (χ1) is 10.9. The van der Waals surface area contributed by atoms with Gasteiger partial charge in [0.15, 0.2) is 0 Å². The maximum atomic E-state index is 12.5. The van der Waals surface area contributed by atoms with E-state index in [-0.39, 0.29) is 12.0 Å². The molecule has 0 spiro atoms. The van der Waals surface area contributed by atoms with E-state index in [9.17, 15) is 13.2 Å². The minimum absolute atomic E-state index is 0.180. The Balaban J connectivity index is 1.96. The molecular formula is C16H24N2O4S. The average molecular weight is 340 g/mol. The van der Waals surface area contributed by atoms with Gasteiger partial charge < -0.3 is 5.11 Å². The van der Waals surface area contributed by atoms with Crippen LogP contribution in [0, 0.1) is 5.92 Å². The first-order valence-corrected chi connectivity index (χ1v) is 9.40. The SMILES string of the molecule is CCN(Cc1ccccc1)S(=O)(=O)NC1CCC(C(=O)O)CC1. The van der Waals surface area contributed by atoms with Crippen LogP contribution in [0.25, 0.3) is 0 Å². The summed E-state index contributed by atoms with van der Waals surface area (Å²) in [7, 11) is -3.57. The van der Waals surface area contributed by atoms with Gasteiger partial charge in [0.1, 0.15) is 0 Å². The van der Waals surface area contributed by atoms with Gasteiger partial charge in [-0.15, -0.1) is 0 Å². The Labute approximate surface area is 137 Å². The molecule has 1 fully saturated rings. The molecule has 1 aliphatic carbocycles. The number of aliphatic carboxylic acids is 1. The summed E-state index contributed by atoms with van der Waals surface area (Å²) < 4.78 is 29.2. The molecule has 1 saturated carbocycles. The molecule has 0 saturated heterocycles. The van der Waals surface area contributed by atoms with Gasteiger partial charge in [-0.1, -0.05) is 37.3 Å². The maximum Gasteiger partial charge on any atom is 0.306 e. The van der Waals surface area contributed by atoms with E-state index in [1.807, 2.05) is 37.3 Å². The number of benzene rings is 1. The van der Waals surface area contributed by atoms with Crippen molar-refractivity contribution in [3.63, 3.8) is 0 Å². The van der Waals surface area contributed by atoms with E-state index in [2.05, 4.69) is 4.72 Å². The normalized spacial score (nSPS) is 22.2. The number of carboxylic acid groups (broad SMARTS) is 1. The highest BCUT2D eigenvalue weighted by Gasteiger charge is 2.30. The lowest BCUT2D eigenvalue weighted by Crippen LogP contribution is -2.46. The number of nitrogens with zero attached hydrogens (tertiary/aromatic N) is 1. The molecule has 6 nitrogen and oxygen atoms in total. The van der Waals surface area contributed by atoms with Gasteiger partial charge in [0.05, 0.1) is 5.92 Å². The Kier molecular flexibility index (Phi) is 6.15. The molecule has 1 aromatic rings. The Hall–Kier alpha value is -1.44. The van der Waals surface area contributed by atoms with Crippen LogP contribution < -0.4 is 4.72 Å². The summed E-state index contributed by atoms with van der Waals surface area (Å²) in [6.07, 6.45) is 2.18. The Morgan fingerprint density at radius 3 is 2.35 bits per heavy atom. The highest BCUT2D eigenvalue weighted by molar-refractivity contribution is 7.87. The van der Waals surface area contributed by atoms with Crippen molar-refractivity contribution in [3.05, 3.63) is 35.9 Å². The zero-order valence-electron chi connectivity index (χ0n) is 13.3. The van der Waals surface area contributed by atoms with Crippen molar-refractivity contribution >= 4 is 16.2 Å². The molecule has 1 aromatic carbocycles. The van der Waals surface area contributed by atoms with Crippen LogP contribution in [-0.4, -0.2) is 36.4 Å². The highest BCUT2D eigenvalue weighted by Crippen LogP contribution is 2.25. The van der Waals surface area contributed by atoms with E-state index in [1.165, 1.54) is 4.31 Å². The summed E-state index contributed by atoms with van der Waals surface area (Å²) >= 11 is 0. The molecule has 7 heteroatoms. The molecule has 128 valence electrons. The Morgan fingerprint density at radius 2 is 1.83 bits per heavy atom. The van der Waals surface area contributed by atoms with Crippen LogP contribution in [0.5, 0.6) is 0 Å². The van der Waals surface area contributed by atoms with Crippen molar-refractivity contribution in [3.8, 4) is 0 Å². The second-order valence-corrected chi connectivity index (χ2v) is 7.62.